The van der Waals surface area contributed by atoms with Gasteiger partial charge in [-0.1, -0.05) is 20.3 Å². The second-order valence-electron chi connectivity index (χ2n) is 3.05. The fourth-order valence-electron chi connectivity index (χ4n) is 1.25. The van der Waals surface area contributed by atoms with Gasteiger partial charge in [0, 0.05) is 17.3 Å². The first-order valence-corrected chi connectivity index (χ1v) is 4.59. The molecule has 4 N–H and O–H groups in total. The van der Waals surface area contributed by atoms with E-state index in [2.05, 4.69) is 17.4 Å². The molecule has 0 bridgehead atoms. The molecule has 2 unspecified atom stereocenters. The van der Waals surface area contributed by atoms with Gasteiger partial charge in [-0.3, -0.25) is 5.41 Å². The lowest BCUT2D eigenvalue weighted by Gasteiger charge is -2.22. The number of nitrogens with two attached hydrogens (primary N) is 1. The monoisotopic (exact) mass is 186 g/mol. The number of guanidine groups is 1. The highest BCUT2D eigenvalue weighted by molar-refractivity contribution is 5.77. The van der Waals surface area contributed by atoms with Gasteiger partial charge in [0.15, 0.2) is 0 Å². The van der Waals surface area contributed by atoms with E-state index in [1.54, 1.807) is 0 Å². The quantitative estimate of drug-likeness (QED) is 0.342. The van der Waals surface area contributed by atoms with Crippen molar-refractivity contribution in [1.29, 1.82) is 5.41 Å². The van der Waals surface area contributed by atoms with Gasteiger partial charge in [0.05, 0.1) is 0 Å². The number of hydrogen-bond acceptors (Lipinski definition) is 3. The van der Waals surface area contributed by atoms with E-state index in [4.69, 9.17) is 11.1 Å². The SMILES string of the molecule is CCCC(N)C(CC)NC(=N)N=O. The van der Waals surface area contributed by atoms with E-state index in [-0.39, 0.29) is 18.0 Å². The van der Waals surface area contributed by atoms with E-state index < -0.39 is 0 Å². The molecular formula is C8H18N4O. The maximum atomic E-state index is 9.96. The van der Waals surface area contributed by atoms with Gasteiger partial charge in [-0.25, -0.2) is 0 Å². The van der Waals surface area contributed by atoms with E-state index in [0.29, 0.717) is 0 Å². The van der Waals surface area contributed by atoms with Gasteiger partial charge < -0.3 is 11.1 Å². The third kappa shape index (κ3) is 4.57. The molecule has 5 nitrogen and oxygen atoms in total. The Bertz CT molecular complexity index is 172. The molecule has 0 aromatic rings. The third-order valence-electron chi connectivity index (χ3n) is 1.99. The molecule has 0 saturated carbocycles. The molecule has 5 heteroatoms. The molecule has 0 aromatic carbocycles. The minimum atomic E-state index is -0.335. The van der Waals surface area contributed by atoms with Crippen molar-refractivity contribution in [3.63, 3.8) is 0 Å². The van der Waals surface area contributed by atoms with Gasteiger partial charge in [-0.15, -0.1) is 4.91 Å². The Morgan fingerprint density at radius 3 is 2.62 bits per heavy atom. The fraction of sp³-hybridized carbons (Fsp3) is 0.875. The maximum absolute atomic E-state index is 9.96. The average molecular weight is 186 g/mol. The van der Waals surface area contributed by atoms with Gasteiger partial charge in [0.1, 0.15) is 0 Å². The number of nitrogens with zero attached hydrogens (tertiary/aromatic N) is 1. The summed E-state index contributed by atoms with van der Waals surface area (Å²) in [5.74, 6) is -0.335. The highest BCUT2D eigenvalue weighted by Gasteiger charge is 2.15. The molecule has 0 aliphatic carbocycles. The second kappa shape index (κ2) is 6.54. The summed E-state index contributed by atoms with van der Waals surface area (Å²) in [5, 5.41) is 12.2. The molecule has 2 atom stereocenters. The Kier molecular flexibility index (Phi) is 6.05. The van der Waals surface area contributed by atoms with Crippen LogP contribution in [0.3, 0.4) is 0 Å². The first-order chi connectivity index (χ1) is 6.15. The zero-order valence-electron chi connectivity index (χ0n) is 8.21. The molecule has 0 aliphatic heterocycles. The van der Waals surface area contributed by atoms with Gasteiger partial charge in [0.2, 0.25) is 0 Å². The summed E-state index contributed by atoms with van der Waals surface area (Å²) in [6.45, 7) is 4.02. The van der Waals surface area contributed by atoms with Crippen molar-refractivity contribution in [2.45, 2.75) is 45.2 Å². The number of nitroso groups, excluding NO2 is 1. The van der Waals surface area contributed by atoms with Gasteiger partial charge in [-0.05, 0) is 12.8 Å². The summed E-state index contributed by atoms with van der Waals surface area (Å²) < 4.78 is 0. The van der Waals surface area contributed by atoms with Crippen LogP contribution in [0.1, 0.15) is 33.1 Å². The number of rotatable bonds is 5. The molecule has 0 spiro atoms. The van der Waals surface area contributed by atoms with Gasteiger partial charge >= 0.3 is 0 Å². The summed E-state index contributed by atoms with van der Waals surface area (Å²) in [4.78, 5) is 9.96. The van der Waals surface area contributed by atoms with Crippen LogP contribution in [0.2, 0.25) is 0 Å². The molecule has 13 heavy (non-hydrogen) atoms. The van der Waals surface area contributed by atoms with Crippen molar-refractivity contribution in [3.8, 4) is 0 Å². The third-order valence-corrected chi connectivity index (χ3v) is 1.99. The predicted molar refractivity (Wildman–Crippen MR) is 53.6 cm³/mol. The van der Waals surface area contributed by atoms with E-state index in [1.807, 2.05) is 6.92 Å². The molecule has 0 aliphatic rings. The molecule has 0 rings (SSSR count). The van der Waals surface area contributed by atoms with E-state index in [0.717, 1.165) is 19.3 Å². The van der Waals surface area contributed by atoms with Crippen LogP contribution in [0, 0.1) is 10.3 Å². The Balaban J connectivity index is 4.00. The summed E-state index contributed by atoms with van der Waals surface area (Å²) in [7, 11) is 0. The van der Waals surface area contributed by atoms with E-state index in [9.17, 15) is 4.91 Å². The highest BCUT2D eigenvalue weighted by atomic mass is 16.3. The Labute approximate surface area is 78.6 Å². The first-order valence-electron chi connectivity index (χ1n) is 4.59. The Hall–Kier alpha value is -0.970. The van der Waals surface area contributed by atoms with Crippen molar-refractivity contribution < 1.29 is 0 Å². The molecule has 0 saturated heterocycles. The van der Waals surface area contributed by atoms with Crippen LogP contribution in [-0.2, 0) is 0 Å². The van der Waals surface area contributed by atoms with E-state index >= 15 is 0 Å². The largest absolute Gasteiger partial charge is 0.348 e. The smallest absolute Gasteiger partial charge is 0.257 e. The van der Waals surface area contributed by atoms with Crippen LogP contribution in [0.4, 0.5) is 0 Å². The average Bonchev–Trinajstić information content (AvgIpc) is 2.14. The minimum absolute atomic E-state index is 0.0166. The van der Waals surface area contributed by atoms with Crippen LogP contribution in [0.5, 0.6) is 0 Å². The van der Waals surface area contributed by atoms with Crippen molar-refractivity contribution in [1.82, 2.24) is 5.32 Å². The normalized spacial score (nSPS) is 14.7. The fourth-order valence-corrected chi connectivity index (χ4v) is 1.25. The van der Waals surface area contributed by atoms with Crippen molar-refractivity contribution in [3.05, 3.63) is 4.91 Å². The second-order valence-corrected chi connectivity index (χ2v) is 3.05. The summed E-state index contributed by atoms with van der Waals surface area (Å²) in [5.41, 5.74) is 5.84. The van der Waals surface area contributed by atoms with E-state index in [1.165, 1.54) is 0 Å². The van der Waals surface area contributed by atoms with Crippen LogP contribution in [0.15, 0.2) is 5.18 Å². The van der Waals surface area contributed by atoms with Crippen LogP contribution >= 0.6 is 0 Å². The predicted octanol–water partition coefficient (Wildman–Crippen LogP) is 1.18. The summed E-state index contributed by atoms with van der Waals surface area (Å²) >= 11 is 0. The van der Waals surface area contributed by atoms with Crippen molar-refractivity contribution in [2.24, 2.45) is 10.9 Å². The molecule has 0 fully saturated rings. The Morgan fingerprint density at radius 1 is 1.62 bits per heavy atom. The van der Waals surface area contributed by atoms with Crippen LogP contribution < -0.4 is 11.1 Å². The van der Waals surface area contributed by atoms with Crippen molar-refractivity contribution in [2.75, 3.05) is 0 Å². The van der Waals surface area contributed by atoms with Crippen LogP contribution in [0.25, 0.3) is 0 Å². The van der Waals surface area contributed by atoms with Crippen LogP contribution in [-0.4, -0.2) is 18.0 Å². The molecule has 76 valence electrons. The number of nitrogens with one attached hydrogen (secondary N) is 2. The lowest BCUT2D eigenvalue weighted by Crippen LogP contribution is -2.46. The molecule has 0 heterocycles. The zero-order valence-corrected chi connectivity index (χ0v) is 8.21. The lowest BCUT2D eigenvalue weighted by atomic mass is 10.0. The zero-order chi connectivity index (χ0) is 10.3. The number of hydrogen-bond donors (Lipinski definition) is 3. The summed E-state index contributed by atoms with van der Waals surface area (Å²) in [6, 6.07) is -0.0396. The summed E-state index contributed by atoms with van der Waals surface area (Å²) in [6.07, 6.45) is 2.68. The van der Waals surface area contributed by atoms with Gasteiger partial charge in [-0.2, -0.15) is 0 Å². The topological polar surface area (TPSA) is 91.3 Å². The molecule has 0 aromatic heterocycles. The van der Waals surface area contributed by atoms with Gasteiger partial charge in [0.25, 0.3) is 5.96 Å². The molecule has 0 radical (unpaired) electrons. The Morgan fingerprint density at radius 2 is 2.23 bits per heavy atom. The standard InChI is InChI=1S/C8H18N4O/c1-3-5-6(9)7(4-2)11-8(10)12-13/h6-7H,3-5,9H2,1-2H3,(H2,10,11). The maximum Gasteiger partial charge on any atom is 0.257 e. The minimum Gasteiger partial charge on any atom is -0.348 e. The van der Waals surface area contributed by atoms with Crippen molar-refractivity contribution >= 4 is 5.96 Å². The molecule has 0 amide bonds. The first kappa shape index (κ1) is 12.0. The highest BCUT2D eigenvalue weighted by Crippen LogP contribution is 2.03. The molecular weight excluding hydrogens is 168 g/mol. The lowest BCUT2D eigenvalue weighted by molar-refractivity contribution is 0.444.